The number of benzene rings is 9. The minimum absolute atomic E-state index is 0.888. The van der Waals surface area contributed by atoms with Gasteiger partial charge < -0.3 is 13.6 Å². The number of para-hydroxylation sites is 3. The molecule has 0 saturated heterocycles. The average Bonchev–Trinajstić information content (AvgIpc) is 4.03. The van der Waals surface area contributed by atoms with Crippen LogP contribution in [0.15, 0.2) is 199 Å². The third-order valence-electron chi connectivity index (χ3n) is 12.1. The van der Waals surface area contributed by atoms with Crippen molar-refractivity contribution in [2.75, 3.05) is 0 Å². The molecule has 0 aliphatic carbocycles. The van der Waals surface area contributed by atoms with E-state index >= 15 is 0 Å². The lowest BCUT2D eigenvalue weighted by molar-refractivity contribution is 0.669. The zero-order valence-corrected chi connectivity index (χ0v) is 32.0. The molecule has 4 heterocycles. The quantitative estimate of drug-likeness (QED) is 0.175. The molecule has 9 aromatic carbocycles. The Bertz CT molecular complexity index is 3790. The van der Waals surface area contributed by atoms with Gasteiger partial charge in [-0.05, 0) is 101 Å². The Morgan fingerprint density at radius 1 is 0.345 bits per heavy atom. The second kappa shape index (κ2) is 12.1. The lowest BCUT2D eigenvalue weighted by Gasteiger charge is -2.10. The van der Waals surface area contributed by atoms with E-state index in [0.29, 0.717) is 0 Å². The maximum Gasteiger partial charge on any atom is 0.136 e. The Balaban J connectivity index is 1.02. The molecule has 13 aromatic rings. The minimum atomic E-state index is 0.888. The monoisotopic (exact) mass is 756 g/mol. The third-order valence-corrected chi connectivity index (χ3v) is 13.2. The highest BCUT2D eigenvalue weighted by atomic mass is 32.1. The van der Waals surface area contributed by atoms with Crippen LogP contribution in [0.25, 0.3) is 119 Å². The predicted molar refractivity (Wildman–Crippen MR) is 246 cm³/mol. The van der Waals surface area contributed by atoms with E-state index in [2.05, 4.69) is 203 Å². The highest BCUT2D eigenvalue weighted by molar-refractivity contribution is 7.26. The third kappa shape index (κ3) is 4.49. The fourth-order valence-electron chi connectivity index (χ4n) is 9.58. The van der Waals surface area contributed by atoms with Gasteiger partial charge in [-0.25, -0.2) is 0 Å². The van der Waals surface area contributed by atoms with Crippen molar-refractivity contribution in [3.05, 3.63) is 194 Å². The van der Waals surface area contributed by atoms with Crippen LogP contribution in [0.2, 0.25) is 0 Å². The largest absolute Gasteiger partial charge is 0.456 e. The van der Waals surface area contributed by atoms with Gasteiger partial charge in [0.1, 0.15) is 11.2 Å². The maximum absolute atomic E-state index is 6.59. The summed E-state index contributed by atoms with van der Waals surface area (Å²) in [6, 6.07) is 70.6. The molecule has 0 amide bonds. The first-order valence-corrected chi connectivity index (χ1v) is 20.6. The number of aromatic nitrogens is 2. The molecule has 0 atom stereocenters. The van der Waals surface area contributed by atoms with E-state index in [1.807, 2.05) is 11.3 Å². The van der Waals surface area contributed by atoms with Crippen molar-refractivity contribution in [2.45, 2.75) is 0 Å². The Morgan fingerprint density at radius 2 is 1.00 bits per heavy atom. The summed E-state index contributed by atoms with van der Waals surface area (Å²) in [5.74, 6) is 0. The second-order valence-corrected chi connectivity index (χ2v) is 16.3. The Hall–Kier alpha value is -7.40. The van der Waals surface area contributed by atoms with Gasteiger partial charge in [0.05, 0.1) is 22.1 Å². The lowest BCUT2D eigenvalue weighted by atomic mass is 9.96. The molecule has 0 radical (unpaired) electrons. The minimum Gasteiger partial charge on any atom is -0.456 e. The topological polar surface area (TPSA) is 23.0 Å². The van der Waals surface area contributed by atoms with Gasteiger partial charge in [-0.2, -0.15) is 0 Å². The Morgan fingerprint density at radius 3 is 1.84 bits per heavy atom. The SMILES string of the molecule is c1ccc(-n2c3ccccc3c3cc(-c4ccc5oc6cccc(-c7ccc8c9ccc%10sc%11ccccc%11c%10c9n(-c9ccccc9)c8c7)c6c5c4)ccc32)cc1. The zero-order chi connectivity index (χ0) is 37.9. The van der Waals surface area contributed by atoms with E-state index in [0.717, 1.165) is 50.0 Å². The van der Waals surface area contributed by atoms with Crippen molar-refractivity contribution in [2.24, 2.45) is 0 Å². The summed E-state index contributed by atoms with van der Waals surface area (Å²) in [6.07, 6.45) is 0. The number of hydrogen-bond donors (Lipinski definition) is 0. The van der Waals surface area contributed by atoms with Crippen LogP contribution in [0.4, 0.5) is 0 Å². The number of hydrogen-bond acceptors (Lipinski definition) is 2. The molecule has 0 N–H and O–H groups in total. The molecule has 0 bridgehead atoms. The van der Waals surface area contributed by atoms with E-state index in [4.69, 9.17) is 4.42 Å². The zero-order valence-electron chi connectivity index (χ0n) is 31.2. The standard InChI is InChI=1S/C54H32N2OS/c1-3-12-36(13-4-1)55-45-19-9-7-16-39(45)43-30-33(23-27-46(43)55)34-24-28-48-44(31-34)52-38(18-11-20-49(52)57-48)35-22-25-40-41-26-29-51-53(42-17-8-10-21-50(42)58-51)54(41)56(47(40)32-35)37-14-5-2-6-15-37/h1-32H. The summed E-state index contributed by atoms with van der Waals surface area (Å²) < 4.78 is 14.1. The van der Waals surface area contributed by atoms with E-state index in [-0.39, 0.29) is 0 Å². The molecule has 3 nitrogen and oxygen atoms in total. The molecule has 58 heavy (non-hydrogen) atoms. The van der Waals surface area contributed by atoms with Gasteiger partial charge in [0.2, 0.25) is 0 Å². The van der Waals surface area contributed by atoms with Crippen molar-refractivity contribution in [3.8, 4) is 33.6 Å². The molecule has 4 aromatic heterocycles. The molecule has 0 aliphatic heterocycles. The van der Waals surface area contributed by atoms with Crippen molar-refractivity contribution in [1.82, 2.24) is 9.13 Å². The Kier molecular flexibility index (Phi) is 6.60. The van der Waals surface area contributed by atoms with Gasteiger partial charge in [-0.1, -0.05) is 115 Å². The van der Waals surface area contributed by atoms with E-state index < -0.39 is 0 Å². The number of fused-ring (bicyclic) bond motifs is 13. The molecule has 13 rings (SSSR count). The maximum atomic E-state index is 6.59. The van der Waals surface area contributed by atoms with Crippen molar-refractivity contribution < 1.29 is 4.42 Å². The molecule has 0 saturated carbocycles. The summed E-state index contributed by atoms with van der Waals surface area (Å²) in [7, 11) is 0. The number of nitrogens with zero attached hydrogens (tertiary/aromatic N) is 2. The van der Waals surface area contributed by atoms with Gasteiger partial charge in [-0.15, -0.1) is 11.3 Å². The van der Waals surface area contributed by atoms with Crippen LogP contribution in [0, 0.1) is 0 Å². The molecule has 4 heteroatoms. The van der Waals surface area contributed by atoms with E-state index in [1.165, 1.54) is 69.3 Å². The van der Waals surface area contributed by atoms with Crippen LogP contribution < -0.4 is 0 Å². The van der Waals surface area contributed by atoms with Gasteiger partial charge in [0.15, 0.2) is 0 Å². The predicted octanol–water partition coefficient (Wildman–Crippen LogP) is 15.5. The molecule has 0 spiro atoms. The number of furan rings is 1. The van der Waals surface area contributed by atoms with Gasteiger partial charge in [0, 0.05) is 63.9 Å². The van der Waals surface area contributed by atoms with Gasteiger partial charge >= 0.3 is 0 Å². The summed E-state index contributed by atoms with van der Waals surface area (Å²) in [6.45, 7) is 0. The van der Waals surface area contributed by atoms with Crippen LogP contribution in [0.3, 0.4) is 0 Å². The molecule has 0 fully saturated rings. The molecule has 0 unspecified atom stereocenters. The van der Waals surface area contributed by atoms with Crippen LogP contribution in [-0.2, 0) is 0 Å². The molecule has 0 aliphatic rings. The number of thiophene rings is 1. The Labute approximate surface area is 336 Å². The molecule has 270 valence electrons. The first-order chi connectivity index (χ1) is 28.8. The molecular formula is C54H32N2OS. The fraction of sp³-hybridized carbons (Fsp3) is 0. The summed E-state index contributed by atoms with van der Waals surface area (Å²) in [5.41, 5.74) is 13.6. The van der Waals surface area contributed by atoms with Crippen LogP contribution in [0.5, 0.6) is 0 Å². The normalized spacial score (nSPS) is 12.1. The summed E-state index contributed by atoms with van der Waals surface area (Å²) >= 11 is 1.87. The fourth-order valence-corrected chi connectivity index (χ4v) is 10.7. The second-order valence-electron chi connectivity index (χ2n) is 15.2. The van der Waals surface area contributed by atoms with Crippen LogP contribution in [-0.4, -0.2) is 9.13 Å². The smallest absolute Gasteiger partial charge is 0.136 e. The first-order valence-electron chi connectivity index (χ1n) is 19.8. The average molecular weight is 757 g/mol. The van der Waals surface area contributed by atoms with E-state index in [1.54, 1.807) is 0 Å². The number of rotatable bonds is 4. The molecular weight excluding hydrogens is 725 g/mol. The van der Waals surface area contributed by atoms with Gasteiger partial charge in [0.25, 0.3) is 0 Å². The van der Waals surface area contributed by atoms with Gasteiger partial charge in [-0.3, -0.25) is 0 Å². The summed E-state index contributed by atoms with van der Waals surface area (Å²) in [4.78, 5) is 0. The van der Waals surface area contributed by atoms with Crippen LogP contribution in [0.1, 0.15) is 0 Å². The highest BCUT2D eigenvalue weighted by Crippen LogP contribution is 2.45. The first kappa shape index (κ1) is 31.8. The van der Waals surface area contributed by atoms with Crippen molar-refractivity contribution >= 4 is 97.1 Å². The van der Waals surface area contributed by atoms with Crippen LogP contribution >= 0.6 is 11.3 Å². The highest BCUT2D eigenvalue weighted by Gasteiger charge is 2.21. The van der Waals surface area contributed by atoms with Crippen molar-refractivity contribution in [3.63, 3.8) is 0 Å². The summed E-state index contributed by atoms with van der Waals surface area (Å²) in [5, 5.41) is 9.87. The van der Waals surface area contributed by atoms with Crippen molar-refractivity contribution in [1.29, 1.82) is 0 Å². The van der Waals surface area contributed by atoms with E-state index in [9.17, 15) is 0 Å². The lowest BCUT2D eigenvalue weighted by Crippen LogP contribution is -1.94.